The molecular formula is C20H23FO5. The van der Waals surface area contributed by atoms with E-state index in [4.69, 9.17) is 4.74 Å². The second kappa shape index (κ2) is 7.82. The first kappa shape index (κ1) is 18.9. The van der Waals surface area contributed by atoms with E-state index in [2.05, 4.69) is 0 Å². The van der Waals surface area contributed by atoms with Crippen LogP contribution in [0, 0.1) is 12.7 Å². The Hall–Kier alpha value is -1.83. The van der Waals surface area contributed by atoms with Crippen LogP contribution in [-0.4, -0.2) is 51.4 Å². The van der Waals surface area contributed by atoms with E-state index in [0.717, 1.165) is 16.7 Å². The van der Waals surface area contributed by atoms with Gasteiger partial charge in [0.2, 0.25) is 0 Å². The molecule has 1 saturated heterocycles. The summed E-state index contributed by atoms with van der Waals surface area (Å²) in [6.07, 6.45) is -5.33. The maximum Gasteiger partial charge on any atom is 0.123 e. The van der Waals surface area contributed by atoms with Gasteiger partial charge < -0.3 is 25.2 Å². The molecule has 0 unspecified atom stereocenters. The molecule has 0 aromatic heterocycles. The lowest BCUT2D eigenvalue weighted by Crippen LogP contribution is -2.55. The summed E-state index contributed by atoms with van der Waals surface area (Å²) in [5.41, 5.74) is 3.60. The van der Waals surface area contributed by atoms with Gasteiger partial charge in [0.25, 0.3) is 0 Å². The maximum atomic E-state index is 13.1. The predicted molar refractivity (Wildman–Crippen MR) is 93.1 cm³/mol. The molecule has 0 amide bonds. The molecule has 4 N–H and O–H groups in total. The van der Waals surface area contributed by atoms with Gasteiger partial charge in [-0.15, -0.1) is 0 Å². The van der Waals surface area contributed by atoms with Gasteiger partial charge in [-0.25, -0.2) is 4.39 Å². The third-order valence-corrected chi connectivity index (χ3v) is 4.90. The highest BCUT2D eigenvalue weighted by molar-refractivity contribution is 5.37. The number of hydrogen-bond acceptors (Lipinski definition) is 5. The molecule has 1 aliphatic heterocycles. The van der Waals surface area contributed by atoms with Gasteiger partial charge in [0.05, 0.1) is 6.61 Å². The smallest absolute Gasteiger partial charge is 0.123 e. The molecule has 0 saturated carbocycles. The fraction of sp³-hybridized carbons (Fsp3) is 0.400. The van der Waals surface area contributed by atoms with Gasteiger partial charge in [-0.1, -0.05) is 30.3 Å². The van der Waals surface area contributed by atoms with Crippen molar-refractivity contribution in [3.63, 3.8) is 0 Å². The maximum absolute atomic E-state index is 13.1. The summed E-state index contributed by atoms with van der Waals surface area (Å²) in [6.45, 7) is 1.49. The summed E-state index contributed by atoms with van der Waals surface area (Å²) in [7, 11) is 0. The summed E-state index contributed by atoms with van der Waals surface area (Å²) in [4.78, 5) is 0. The second-order valence-corrected chi connectivity index (χ2v) is 6.74. The number of halogens is 1. The molecular weight excluding hydrogens is 339 g/mol. The SMILES string of the molecule is Cc1ccc([C@@H]2O[C@H](CO)[C@@H](O)[C@H](O)[C@H]2O)cc1Cc1ccc(F)cc1. The average molecular weight is 362 g/mol. The Kier molecular flexibility index (Phi) is 5.70. The number of aryl methyl sites for hydroxylation is 1. The Bertz CT molecular complexity index is 746. The first-order chi connectivity index (χ1) is 12.4. The summed E-state index contributed by atoms with van der Waals surface area (Å²) < 4.78 is 18.7. The zero-order valence-corrected chi connectivity index (χ0v) is 14.4. The van der Waals surface area contributed by atoms with Crippen molar-refractivity contribution >= 4 is 0 Å². The van der Waals surface area contributed by atoms with Crippen LogP contribution in [0.15, 0.2) is 42.5 Å². The van der Waals surface area contributed by atoms with Crippen LogP contribution in [0.3, 0.4) is 0 Å². The molecule has 140 valence electrons. The zero-order valence-electron chi connectivity index (χ0n) is 14.4. The normalized spacial score (nSPS) is 28.9. The minimum absolute atomic E-state index is 0.291. The Morgan fingerprint density at radius 2 is 1.65 bits per heavy atom. The standard InChI is InChI=1S/C20H23FO5/c1-11-2-5-13(9-14(11)8-12-3-6-15(21)7-4-12)20-19(25)18(24)17(23)16(10-22)26-20/h2-7,9,16-20,22-25H,8,10H2,1H3/t16-,17-,18+,19-,20+/m1/s1. The van der Waals surface area contributed by atoms with Crippen molar-refractivity contribution in [2.45, 2.75) is 43.9 Å². The van der Waals surface area contributed by atoms with E-state index in [1.54, 1.807) is 18.2 Å². The largest absolute Gasteiger partial charge is 0.394 e. The minimum atomic E-state index is -1.41. The molecule has 5 nitrogen and oxygen atoms in total. The Morgan fingerprint density at radius 3 is 2.31 bits per heavy atom. The molecule has 1 heterocycles. The first-order valence-corrected chi connectivity index (χ1v) is 8.55. The van der Waals surface area contributed by atoms with Crippen LogP contribution >= 0.6 is 0 Å². The highest BCUT2D eigenvalue weighted by Crippen LogP contribution is 2.33. The van der Waals surface area contributed by atoms with Gasteiger partial charge in [0.1, 0.15) is 36.3 Å². The van der Waals surface area contributed by atoms with Crippen LogP contribution in [0.1, 0.15) is 28.4 Å². The van der Waals surface area contributed by atoms with Crippen LogP contribution in [-0.2, 0) is 11.2 Å². The Balaban J connectivity index is 1.87. The molecule has 2 aromatic rings. The monoisotopic (exact) mass is 362 g/mol. The van der Waals surface area contributed by atoms with E-state index in [1.165, 1.54) is 12.1 Å². The van der Waals surface area contributed by atoms with Crippen molar-refractivity contribution < 1.29 is 29.6 Å². The number of hydrogen-bond donors (Lipinski definition) is 4. The van der Waals surface area contributed by atoms with Crippen molar-refractivity contribution in [1.29, 1.82) is 0 Å². The molecule has 6 heteroatoms. The van der Waals surface area contributed by atoms with Gasteiger partial charge >= 0.3 is 0 Å². The molecule has 0 bridgehead atoms. The third kappa shape index (κ3) is 3.79. The summed E-state index contributed by atoms with van der Waals surface area (Å²) in [5, 5.41) is 39.5. The number of aliphatic hydroxyl groups is 4. The number of aliphatic hydroxyl groups excluding tert-OH is 4. The molecule has 0 spiro atoms. The fourth-order valence-electron chi connectivity index (χ4n) is 3.26. The van der Waals surface area contributed by atoms with E-state index < -0.39 is 37.1 Å². The quantitative estimate of drug-likeness (QED) is 0.657. The van der Waals surface area contributed by atoms with E-state index >= 15 is 0 Å². The van der Waals surface area contributed by atoms with Crippen molar-refractivity contribution in [1.82, 2.24) is 0 Å². The highest BCUT2D eigenvalue weighted by atomic mass is 19.1. The van der Waals surface area contributed by atoms with E-state index in [1.807, 2.05) is 19.1 Å². The van der Waals surface area contributed by atoms with Crippen LogP contribution in [0.25, 0.3) is 0 Å². The third-order valence-electron chi connectivity index (χ3n) is 4.90. The number of benzene rings is 2. The lowest BCUT2D eigenvalue weighted by atomic mass is 9.89. The van der Waals surface area contributed by atoms with E-state index in [9.17, 15) is 24.8 Å². The molecule has 0 radical (unpaired) electrons. The summed E-state index contributed by atoms with van der Waals surface area (Å²) in [5.74, 6) is -0.291. The van der Waals surface area contributed by atoms with E-state index in [0.29, 0.717) is 12.0 Å². The fourth-order valence-corrected chi connectivity index (χ4v) is 3.26. The molecule has 1 aliphatic rings. The molecule has 26 heavy (non-hydrogen) atoms. The van der Waals surface area contributed by atoms with Crippen LogP contribution < -0.4 is 0 Å². The first-order valence-electron chi connectivity index (χ1n) is 8.55. The Labute approximate surface area is 151 Å². The molecule has 5 atom stereocenters. The van der Waals surface area contributed by atoms with Crippen LogP contribution in [0.4, 0.5) is 4.39 Å². The average Bonchev–Trinajstić information content (AvgIpc) is 2.64. The molecule has 2 aromatic carbocycles. The minimum Gasteiger partial charge on any atom is -0.394 e. The van der Waals surface area contributed by atoms with Crippen molar-refractivity contribution in [3.8, 4) is 0 Å². The highest BCUT2D eigenvalue weighted by Gasteiger charge is 2.43. The molecule has 0 aliphatic carbocycles. The van der Waals surface area contributed by atoms with Crippen molar-refractivity contribution in [2.75, 3.05) is 6.61 Å². The van der Waals surface area contributed by atoms with Crippen LogP contribution in [0.5, 0.6) is 0 Å². The summed E-state index contributed by atoms with van der Waals surface area (Å²) >= 11 is 0. The van der Waals surface area contributed by atoms with E-state index in [-0.39, 0.29) is 5.82 Å². The Morgan fingerprint density at radius 1 is 0.962 bits per heavy atom. The van der Waals surface area contributed by atoms with Crippen molar-refractivity contribution in [3.05, 3.63) is 70.5 Å². The molecule has 1 fully saturated rings. The molecule has 3 rings (SSSR count). The summed E-state index contributed by atoms with van der Waals surface area (Å²) in [6, 6.07) is 11.8. The number of ether oxygens (including phenoxy) is 1. The second-order valence-electron chi connectivity index (χ2n) is 6.74. The van der Waals surface area contributed by atoms with Gasteiger partial charge in [-0.2, -0.15) is 0 Å². The van der Waals surface area contributed by atoms with Crippen molar-refractivity contribution in [2.24, 2.45) is 0 Å². The van der Waals surface area contributed by atoms with Gasteiger partial charge in [-0.3, -0.25) is 0 Å². The topological polar surface area (TPSA) is 90.2 Å². The lowest BCUT2D eigenvalue weighted by molar-refractivity contribution is -0.231. The van der Waals surface area contributed by atoms with Gasteiger partial charge in [-0.05, 0) is 47.7 Å². The number of rotatable bonds is 4. The van der Waals surface area contributed by atoms with Gasteiger partial charge in [0.15, 0.2) is 0 Å². The predicted octanol–water partition coefficient (Wildman–Crippen LogP) is 1.24. The van der Waals surface area contributed by atoms with Gasteiger partial charge in [0, 0.05) is 0 Å². The lowest BCUT2D eigenvalue weighted by Gasteiger charge is -2.40. The zero-order chi connectivity index (χ0) is 18.8. The van der Waals surface area contributed by atoms with Crippen LogP contribution in [0.2, 0.25) is 0 Å².